The van der Waals surface area contributed by atoms with Gasteiger partial charge in [-0.25, -0.2) is 0 Å². The second-order valence-corrected chi connectivity index (χ2v) is 6.23. The van der Waals surface area contributed by atoms with Crippen molar-refractivity contribution in [2.24, 2.45) is 0 Å². The summed E-state index contributed by atoms with van der Waals surface area (Å²) in [6, 6.07) is 26.7. The van der Waals surface area contributed by atoms with Crippen LogP contribution in [0.3, 0.4) is 0 Å². The van der Waals surface area contributed by atoms with Crippen molar-refractivity contribution in [3.8, 4) is 11.5 Å². The minimum absolute atomic E-state index is 0.0377. The van der Waals surface area contributed by atoms with Crippen molar-refractivity contribution >= 4 is 0 Å². The van der Waals surface area contributed by atoms with Gasteiger partial charge in [-0.1, -0.05) is 74.5 Å². The molecule has 1 nitrogen and oxygen atoms in total. The number of rotatable bonds is 4. The van der Waals surface area contributed by atoms with Crippen LogP contribution in [0.2, 0.25) is 0 Å². The molecule has 1 heteroatoms. The lowest BCUT2D eigenvalue weighted by Crippen LogP contribution is -2.18. The molecule has 0 aliphatic rings. The minimum atomic E-state index is -0.0377. The molecule has 0 unspecified atom stereocenters. The second-order valence-electron chi connectivity index (χ2n) is 6.23. The lowest BCUT2D eigenvalue weighted by molar-refractivity contribution is 0.480. The van der Waals surface area contributed by atoms with Crippen molar-refractivity contribution in [3.63, 3.8) is 0 Å². The lowest BCUT2D eigenvalue weighted by atomic mass is 9.78. The number of benzene rings is 3. The molecule has 0 saturated carbocycles. The van der Waals surface area contributed by atoms with Crippen LogP contribution in [0.15, 0.2) is 78.9 Å². The largest absolute Gasteiger partial charge is 0.457 e. The Balaban J connectivity index is 1.84. The summed E-state index contributed by atoms with van der Waals surface area (Å²) >= 11 is 0. The SMILES string of the molecule is [CH2]c1ccccc1Oc1ccc(C(C)(C)c2ccccc2)cc1. The van der Waals surface area contributed by atoms with Gasteiger partial charge in [-0.3, -0.25) is 0 Å². The molecule has 0 aliphatic carbocycles. The Morgan fingerprint density at radius 2 is 1.26 bits per heavy atom. The lowest BCUT2D eigenvalue weighted by Gasteiger charge is -2.26. The van der Waals surface area contributed by atoms with Gasteiger partial charge in [0.1, 0.15) is 11.5 Å². The third-order valence-corrected chi connectivity index (χ3v) is 4.27. The van der Waals surface area contributed by atoms with Crippen molar-refractivity contribution in [2.45, 2.75) is 19.3 Å². The summed E-state index contributed by atoms with van der Waals surface area (Å²) in [5, 5.41) is 0. The fourth-order valence-electron chi connectivity index (χ4n) is 2.69. The van der Waals surface area contributed by atoms with Crippen LogP contribution in [-0.4, -0.2) is 0 Å². The zero-order valence-electron chi connectivity index (χ0n) is 13.6. The molecule has 0 N–H and O–H groups in total. The standard InChI is InChI=1S/C22H21O/c1-17-9-7-8-12-21(17)23-20-15-13-19(14-16-20)22(2,3)18-10-5-4-6-11-18/h4-16H,1H2,2-3H3. The van der Waals surface area contributed by atoms with E-state index in [4.69, 9.17) is 4.74 Å². The van der Waals surface area contributed by atoms with Gasteiger partial charge < -0.3 is 4.74 Å². The predicted molar refractivity (Wildman–Crippen MR) is 96.0 cm³/mol. The van der Waals surface area contributed by atoms with Gasteiger partial charge in [0.2, 0.25) is 0 Å². The van der Waals surface area contributed by atoms with Crippen molar-refractivity contribution in [2.75, 3.05) is 0 Å². The molecular weight excluding hydrogens is 280 g/mol. The first-order chi connectivity index (χ1) is 11.1. The number of hydrogen-bond acceptors (Lipinski definition) is 1. The van der Waals surface area contributed by atoms with E-state index >= 15 is 0 Å². The first kappa shape index (κ1) is 15.4. The van der Waals surface area contributed by atoms with Crippen LogP contribution >= 0.6 is 0 Å². The number of ether oxygens (including phenoxy) is 1. The van der Waals surface area contributed by atoms with Gasteiger partial charge in [-0.2, -0.15) is 0 Å². The zero-order valence-corrected chi connectivity index (χ0v) is 13.6. The van der Waals surface area contributed by atoms with Crippen LogP contribution in [0.5, 0.6) is 11.5 Å². The monoisotopic (exact) mass is 301 g/mol. The summed E-state index contributed by atoms with van der Waals surface area (Å²) in [4.78, 5) is 0. The predicted octanol–water partition coefficient (Wildman–Crippen LogP) is 5.99. The van der Waals surface area contributed by atoms with Crippen LogP contribution < -0.4 is 4.74 Å². The van der Waals surface area contributed by atoms with Crippen LogP contribution in [0.1, 0.15) is 30.5 Å². The average Bonchev–Trinajstić information content (AvgIpc) is 2.58. The van der Waals surface area contributed by atoms with Gasteiger partial charge >= 0.3 is 0 Å². The molecule has 115 valence electrons. The van der Waals surface area contributed by atoms with Crippen LogP contribution in [0.4, 0.5) is 0 Å². The van der Waals surface area contributed by atoms with Gasteiger partial charge in [0.15, 0.2) is 0 Å². The molecule has 0 heterocycles. The van der Waals surface area contributed by atoms with Crippen LogP contribution in [0.25, 0.3) is 0 Å². The van der Waals surface area contributed by atoms with E-state index < -0.39 is 0 Å². The summed E-state index contributed by atoms with van der Waals surface area (Å²) in [6.45, 7) is 8.47. The zero-order chi connectivity index (χ0) is 16.3. The highest BCUT2D eigenvalue weighted by atomic mass is 16.5. The Morgan fingerprint density at radius 3 is 1.91 bits per heavy atom. The van der Waals surface area contributed by atoms with Crippen LogP contribution in [-0.2, 0) is 5.41 Å². The Morgan fingerprint density at radius 1 is 0.696 bits per heavy atom. The quantitative estimate of drug-likeness (QED) is 0.575. The molecule has 0 amide bonds. The van der Waals surface area contributed by atoms with E-state index in [2.05, 4.69) is 57.2 Å². The minimum Gasteiger partial charge on any atom is -0.457 e. The fraction of sp³-hybridized carbons (Fsp3) is 0.136. The van der Waals surface area contributed by atoms with E-state index in [0.717, 1.165) is 17.1 Å². The van der Waals surface area contributed by atoms with Crippen molar-refractivity contribution in [1.82, 2.24) is 0 Å². The average molecular weight is 301 g/mol. The molecule has 23 heavy (non-hydrogen) atoms. The summed E-state index contributed by atoms with van der Waals surface area (Å²) in [6.07, 6.45) is 0. The van der Waals surface area contributed by atoms with Crippen molar-refractivity contribution in [1.29, 1.82) is 0 Å². The molecular formula is C22H21O. The van der Waals surface area contributed by atoms with E-state index in [9.17, 15) is 0 Å². The number of hydrogen-bond donors (Lipinski definition) is 0. The van der Waals surface area contributed by atoms with Gasteiger partial charge in [0.25, 0.3) is 0 Å². The first-order valence-corrected chi connectivity index (χ1v) is 7.82. The Labute approximate surface area is 138 Å². The van der Waals surface area contributed by atoms with E-state index in [1.165, 1.54) is 11.1 Å². The topological polar surface area (TPSA) is 9.23 Å². The molecule has 3 aromatic carbocycles. The smallest absolute Gasteiger partial charge is 0.130 e. The van der Waals surface area contributed by atoms with Gasteiger partial charge in [-0.05, 0) is 41.8 Å². The fourth-order valence-corrected chi connectivity index (χ4v) is 2.69. The van der Waals surface area contributed by atoms with E-state index in [0.29, 0.717) is 0 Å². The number of para-hydroxylation sites is 1. The Bertz CT molecular complexity index is 771. The normalized spacial score (nSPS) is 11.3. The molecule has 3 rings (SSSR count). The molecule has 3 aromatic rings. The third kappa shape index (κ3) is 3.29. The molecule has 0 aromatic heterocycles. The third-order valence-electron chi connectivity index (χ3n) is 4.27. The molecule has 0 spiro atoms. The van der Waals surface area contributed by atoms with Gasteiger partial charge in [0, 0.05) is 5.41 Å². The Kier molecular flexibility index (Phi) is 4.20. The maximum absolute atomic E-state index is 5.92. The molecule has 1 radical (unpaired) electrons. The van der Waals surface area contributed by atoms with E-state index in [1.54, 1.807) is 0 Å². The molecule has 0 atom stereocenters. The van der Waals surface area contributed by atoms with E-state index in [-0.39, 0.29) is 5.41 Å². The Hall–Kier alpha value is -2.54. The molecule has 0 saturated heterocycles. The summed E-state index contributed by atoms with van der Waals surface area (Å²) in [5.74, 6) is 1.62. The molecule has 0 bridgehead atoms. The van der Waals surface area contributed by atoms with Gasteiger partial charge in [0.05, 0.1) is 0 Å². The highest BCUT2D eigenvalue weighted by Gasteiger charge is 2.22. The van der Waals surface area contributed by atoms with Gasteiger partial charge in [-0.15, -0.1) is 0 Å². The molecule has 0 fully saturated rings. The molecule has 0 aliphatic heterocycles. The van der Waals surface area contributed by atoms with Crippen LogP contribution in [0, 0.1) is 6.92 Å². The second kappa shape index (κ2) is 6.29. The summed E-state index contributed by atoms with van der Waals surface area (Å²) < 4.78 is 5.92. The highest BCUT2D eigenvalue weighted by molar-refractivity contribution is 5.43. The highest BCUT2D eigenvalue weighted by Crippen LogP contribution is 2.33. The van der Waals surface area contributed by atoms with Crippen molar-refractivity contribution in [3.05, 3.63) is 102 Å². The maximum Gasteiger partial charge on any atom is 0.130 e. The van der Waals surface area contributed by atoms with Crippen molar-refractivity contribution < 1.29 is 4.74 Å². The van der Waals surface area contributed by atoms with E-state index in [1.807, 2.05) is 42.5 Å². The first-order valence-electron chi connectivity index (χ1n) is 7.82. The summed E-state index contributed by atoms with van der Waals surface area (Å²) in [7, 11) is 0. The summed E-state index contributed by atoms with van der Waals surface area (Å²) in [5.41, 5.74) is 3.42. The maximum atomic E-state index is 5.92.